The Morgan fingerprint density at radius 1 is 1.00 bits per heavy atom. The van der Waals surface area contributed by atoms with Gasteiger partial charge in [0.2, 0.25) is 5.91 Å². The minimum absolute atomic E-state index is 0.138. The zero-order valence-corrected chi connectivity index (χ0v) is 17.7. The number of halogens is 1. The van der Waals surface area contributed by atoms with Crippen molar-refractivity contribution in [2.24, 2.45) is 7.05 Å². The lowest BCUT2D eigenvalue weighted by Crippen LogP contribution is -2.49. The monoisotopic (exact) mass is 427 g/mol. The van der Waals surface area contributed by atoms with Crippen LogP contribution in [0.5, 0.6) is 0 Å². The van der Waals surface area contributed by atoms with Gasteiger partial charge < -0.3 is 14.4 Å². The number of piperazine rings is 1. The molecule has 0 saturated carbocycles. The number of anilines is 1. The number of nitrogens with zero attached hydrogens (tertiary/aromatic N) is 5. The van der Waals surface area contributed by atoms with Gasteiger partial charge in [0.15, 0.2) is 11.0 Å². The molecule has 3 aromatic rings. The molecule has 0 spiro atoms. The first-order valence-corrected chi connectivity index (χ1v) is 10.8. The Hall–Kier alpha value is -2.51. The van der Waals surface area contributed by atoms with Crippen LogP contribution in [0.25, 0.3) is 11.4 Å². The largest absolute Gasteiger partial charge is 0.368 e. The van der Waals surface area contributed by atoms with Gasteiger partial charge in [-0.25, -0.2) is 0 Å². The predicted octanol–water partition coefficient (Wildman–Crippen LogP) is 3.58. The number of benzene rings is 2. The van der Waals surface area contributed by atoms with Crippen molar-refractivity contribution in [3.8, 4) is 11.4 Å². The third kappa shape index (κ3) is 4.57. The number of aromatic nitrogens is 3. The number of carbonyl (C=O) groups is 1. The van der Waals surface area contributed by atoms with Crippen LogP contribution in [0.2, 0.25) is 5.02 Å². The Morgan fingerprint density at radius 2 is 1.69 bits per heavy atom. The molecule has 0 atom stereocenters. The highest BCUT2D eigenvalue weighted by molar-refractivity contribution is 7.99. The fraction of sp³-hybridized carbons (Fsp3) is 0.286. The summed E-state index contributed by atoms with van der Waals surface area (Å²) in [5.74, 6) is 1.25. The predicted molar refractivity (Wildman–Crippen MR) is 117 cm³/mol. The molecule has 0 N–H and O–H groups in total. The van der Waals surface area contributed by atoms with Crippen molar-refractivity contribution < 1.29 is 4.79 Å². The normalized spacial score (nSPS) is 14.3. The first-order chi connectivity index (χ1) is 14.1. The summed E-state index contributed by atoms with van der Waals surface area (Å²) in [6.45, 7) is 3.18. The van der Waals surface area contributed by atoms with Crippen LogP contribution in [0.1, 0.15) is 0 Å². The number of para-hydroxylation sites is 1. The minimum Gasteiger partial charge on any atom is -0.368 e. The zero-order chi connectivity index (χ0) is 20.2. The molecule has 0 bridgehead atoms. The maximum atomic E-state index is 12.7. The lowest BCUT2D eigenvalue weighted by atomic mass is 10.2. The third-order valence-corrected chi connectivity index (χ3v) is 6.27. The summed E-state index contributed by atoms with van der Waals surface area (Å²) >= 11 is 7.38. The van der Waals surface area contributed by atoms with Gasteiger partial charge >= 0.3 is 0 Å². The Kier molecular flexibility index (Phi) is 6.06. The van der Waals surface area contributed by atoms with Crippen LogP contribution in [0.4, 0.5) is 5.69 Å². The summed E-state index contributed by atoms with van der Waals surface area (Å²) in [6, 6.07) is 17.8. The third-order valence-electron chi connectivity index (χ3n) is 5.02. The van der Waals surface area contributed by atoms with E-state index >= 15 is 0 Å². The number of amides is 1. The minimum atomic E-state index is 0.138. The molecule has 1 saturated heterocycles. The molecule has 0 aliphatic carbocycles. The molecular formula is C21H22ClN5OS. The highest BCUT2D eigenvalue weighted by Gasteiger charge is 2.22. The van der Waals surface area contributed by atoms with Gasteiger partial charge in [-0.1, -0.05) is 41.6 Å². The molecule has 1 fully saturated rings. The average molecular weight is 428 g/mol. The van der Waals surface area contributed by atoms with Crippen LogP contribution in [0.15, 0.2) is 59.8 Å². The number of hydrogen-bond donors (Lipinski definition) is 0. The van der Waals surface area contributed by atoms with Gasteiger partial charge in [0.05, 0.1) is 5.75 Å². The van der Waals surface area contributed by atoms with Gasteiger partial charge in [0, 0.05) is 49.5 Å². The van der Waals surface area contributed by atoms with E-state index < -0.39 is 0 Å². The molecule has 1 amide bonds. The summed E-state index contributed by atoms with van der Waals surface area (Å²) < 4.78 is 1.91. The van der Waals surface area contributed by atoms with Crippen LogP contribution >= 0.6 is 23.4 Å². The first kappa shape index (κ1) is 19.8. The second-order valence-electron chi connectivity index (χ2n) is 6.86. The van der Waals surface area contributed by atoms with E-state index in [1.165, 1.54) is 17.4 Å². The molecule has 1 aromatic heterocycles. The Morgan fingerprint density at radius 3 is 2.38 bits per heavy atom. The Balaban J connectivity index is 1.32. The van der Waals surface area contributed by atoms with E-state index in [1.807, 2.05) is 59.0 Å². The number of carbonyl (C=O) groups excluding carboxylic acids is 1. The summed E-state index contributed by atoms with van der Waals surface area (Å²) in [4.78, 5) is 16.9. The van der Waals surface area contributed by atoms with Crippen molar-refractivity contribution in [2.45, 2.75) is 5.16 Å². The smallest absolute Gasteiger partial charge is 0.233 e. The van der Waals surface area contributed by atoms with Crippen molar-refractivity contribution in [3.05, 3.63) is 59.6 Å². The molecule has 0 unspecified atom stereocenters. The summed E-state index contributed by atoms with van der Waals surface area (Å²) in [6.07, 6.45) is 0. The van der Waals surface area contributed by atoms with Crippen LogP contribution in [0, 0.1) is 0 Å². The molecule has 2 aromatic carbocycles. The fourth-order valence-corrected chi connectivity index (χ4v) is 4.30. The molecule has 2 heterocycles. The summed E-state index contributed by atoms with van der Waals surface area (Å²) in [5.41, 5.74) is 2.15. The maximum Gasteiger partial charge on any atom is 0.233 e. The molecule has 8 heteroatoms. The molecular weight excluding hydrogens is 406 g/mol. The van der Waals surface area contributed by atoms with Gasteiger partial charge in [0.1, 0.15) is 0 Å². The number of hydrogen-bond acceptors (Lipinski definition) is 5. The molecule has 150 valence electrons. The Bertz CT molecular complexity index is 968. The van der Waals surface area contributed by atoms with Gasteiger partial charge in [-0.3, -0.25) is 4.79 Å². The van der Waals surface area contributed by atoms with Crippen LogP contribution in [-0.2, 0) is 11.8 Å². The van der Waals surface area contributed by atoms with E-state index in [1.54, 1.807) is 0 Å². The summed E-state index contributed by atoms with van der Waals surface area (Å²) in [5, 5.41) is 9.93. The van der Waals surface area contributed by atoms with Crippen LogP contribution in [-0.4, -0.2) is 57.5 Å². The van der Waals surface area contributed by atoms with Crippen molar-refractivity contribution in [1.29, 1.82) is 0 Å². The quantitative estimate of drug-likeness (QED) is 0.582. The van der Waals surface area contributed by atoms with Crippen molar-refractivity contribution in [3.63, 3.8) is 0 Å². The zero-order valence-electron chi connectivity index (χ0n) is 16.2. The maximum absolute atomic E-state index is 12.7. The molecule has 4 rings (SSSR count). The Labute approximate surface area is 179 Å². The van der Waals surface area contributed by atoms with Gasteiger partial charge in [-0.15, -0.1) is 10.2 Å². The highest BCUT2D eigenvalue weighted by Crippen LogP contribution is 2.24. The second kappa shape index (κ2) is 8.88. The van der Waals surface area contributed by atoms with Crippen LogP contribution < -0.4 is 4.90 Å². The molecule has 0 radical (unpaired) electrons. The molecule has 29 heavy (non-hydrogen) atoms. The lowest BCUT2D eigenvalue weighted by Gasteiger charge is -2.36. The SMILES string of the molecule is Cn1c(SCC(=O)N2CCN(c3ccccc3)CC2)nnc1-c1ccc(Cl)cc1. The van der Waals surface area contributed by atoms with Crippen molar-refractivity contribution >= 4 is 35.0 Å². The van der Waals surface area contributed by atoms with Gasteiger partial charge in [-0.2, -0.15) is 0 Å². The number of thioether (sulfide) groups is 1. The van der Waals surface area contributed by atoms with Crippen molar-refractivity contribution in [2.75, 3.05) is 36.8 Å². The lowest BCUT2D eigenvalue weighted by molar-refractivity contribution is -0.128. The average Bonchev–Trinajstić information content (AvgIpc) is 3.13. The van der Waals surface area contributed by atoms with Gasteiger partial charge in [-0.05, 0) is 36.4 Å². The van der Waals surface area contributed by atoms with Crippen molar-refractivity contribution in [1.82, 2.24) is 19.7 Å². The topological polar surface area (TPSA) is 54.3 Å². The van der Waals surface area contributed by atoms with E-state index in [9.17, 15) is 4.79 Å². The van der Waals surface area contributed by atoms with E-state index in [4.69, 9.17) is 11.6 Å². The van der Waals surface area contributed by atoms with Gasteiger partial charge in [0.25, 0.3) is 0 Å². The van der Waals surface area contributed by atoms with Crippen LogP contribution in [0.3, 0.4) is 0 Å². The first-order valence-electron chi connectivity index (χ1n) is 9.48. The highest BCUT2D eigenvalue weighted by atomic mass is 35.5. The van der Waals surface area contributed by atoms with E-state index in [-0.39, 0.29) is 5.91 Å². The summed E-state index contributed by atoms with van der Waals surface area (Å²) in [7, 11) is 1.91. The molecule has 6 nitrogen and oxygen atoms in total. The second-order valence-corrected chi connectivity index (χ2v) is 8.24. The van der Waals surface area contributed by atoms with E-state index in [0.29, 0.717) is 10.8 Å². The van der Waals surface area contributed by atoms with E-state index in [0.717, 1.165) is 42.7 Å². The molecule has 1 aliphatic heterocycles. The number of rotatable bonds is 5. The van der Waals surface area contributed by atoms with E-state index in [2.05, 4.69) is 27.2 Å². The fourth-order valence-electron chi connectivity index (χ4n) is 3.36. The standard InChI is InChI=1S/C21H22ClN5OS/c1-25-20(16-7-9-17(22)10-8-16)23-24-21(25)29-15-19(28)27-13-11-26(12-14-27)18-5-3-2-4-6-18/h2-10H,11-15H2,1H3. The molecule has 1 aliphatic rings.